The van der Waals surface area contributed by atoms with Crippen LogP contribution in [0.5, 0.6) is 0 Å². The monoisotopic (exact) mass is 487 g/mol. The van der Waals surface area contributed by atoms with E-state index in [1.807, 2.05) is 0 Å². The smallest absolute Gasteiger partial charge is 0.321 e. The summed E-state index contributed by atoms with van der Waals surface area (Å²) < 4.78 is 39.1. The van der Waals surface area contributed by atoms with Crippen molar-refractivity contribution in [3.05, 3.63) is 89.1 Å². The van der Waals surface area contributed by atoms with Crippen LogP contribution in [0.1, 0.15) is 26.4 Å². The molecule has 2 amide bonds. The van der Waals surface area contributed by atoms with Crippen LogP contribution in [0.15, 0.2) is 67.3 Å². The van der Waals surface area contributed by atoms with Gasteiger partial charge in [0.15, 0.2) is 11.5 Å². The Bertz CT molecular complexity index is 1340. The van der Waals surface area contributed by atoms with Crippen LogP contribution < -0.4 is 10.6 Å². The average molecular weight is 488 g/mol. The second-order valence-electron chi connectivity index (χ2n) is 6.80. The summed E-state index contributed by atoms with van der Waals surface area (Å²) in [6.45, 7) is 0. The summed E-state index contributed by atoms with van der Waals surface area (Å²) in [4.78, 5) is 32.5. The largest absolute Gasteiger partial charge is 0.417 e. The average Bonchev–Trinajstić information content (AvgIpc) is 3.30. The number of anilines is 2. The third-order valence-electron chi connectivity index (χ3n) is 4.43. The fourth-order valence-corrected chi connectivity index (χ4v) is 3.04. The Balaban J connectivity index is 1.43. The molecule has 0 fully saturated rings. The number of hydrogen-bond donors (Lipinski definition) is 2. The number of carbonyl (C=O) groups is 2. The van der Waals surface area contributed by atoms with Gasteiger partial charge in [-0.05, 0) is 42.5 Å². The Morgan fingerprint density at radius 2 is 1.76 bits per heavy atom. The van der Waals surface area contributed by atoms with E-state index in [-0.39, 0.29) is 27.8 Å². The van der Waals surface area contributed by atoms with E-state index in [2.05, 4.69) is 30.9 Å². The second kappa shape index (κ2) is 9.27. The molecule has 2 N–H and O–H groups in total. The lowest BCUT2D eigenvalue weighted by Crippen LogP contribution is -2.14. The fourth-order valence-electron chi connectivity index (χ4n) is 2.78. The standard InChI is InChI=1S/C21H13ClF3N7O2/c22-16-8-13(4-5-15(16)19(33)29-14-2-1-7-26-10-14)28-20(34)17-11-32(31-30-17)18-6-3-12(9-27-18)21(23,24)25/h1-11H,(H,28,34)(H,29,33). The maximum Gasteiger partial charge on any atom is 0.417 e. The molecule has 0 bridgehead atoms. The van der Waals surface area contributed by atoms with E-state index in [0.29, 0.717) is 11.9 Å². The minimum Gasteiger partial charge on any atom is -0.321 e. The number of aromatic nitrogens is 5. The zero-order valence-electron chi connectivity index (χ0n) is 16.9. The zero-order chi connectivity index (χ0) is 24.3. The highest BCUT2D eigenvalue weighted by Gasteiger charge is 2.30. The molecule has 13 heteroatoms. The first-order valence-corrected chi connectivity index (χ1v) is 9.87. The predicted octanol–water partition coefficient (Wildman–Crippen LogP) is 4.23. The normalized spacial score (nSPS) is 11.2. The van der Waals surface area contributed by atoms with E-state index in [4.69, 9.17) is 11.6 Å². The van der Waals surface area contributed by atoms with Crippen molar-refractivity contribution in [1.82, 2.24) is 25.0 Å². The molecule has 0 saturated heterocycles. The minimum atomic E-state index is -4.52. The van der Waals surface area contributed by atoms with Crippen molar-refractivity contribution in [2.75, 3.05) is 10.6 Å². The number of amides is 2. The molecule has 0 saturated carbocycles. The molecule has 1 aromatic carbocycles. The van der Waals surface area contributed by atoms with Crippen LogP contribution in [0.3, 0.4) is 0 Å². The number of benzene rings is 1. The Kier molecular flexibility index (Phi) is 6.23. The number of carbonyl (C=O) groups excluding carboxylic acids is 2. The van der Waals surface area contributed by atoms with Crippen molar-refractivity contribution in [3.63, 3.8) is 0 Å². The van der Waals surface area contributed by atoms with E-state index >= 15 is 0 Å². The number of pyridine rings is 2. The number of nitrogens with zero attached hydrogens (tertiary/aromatic N) is 5. The van der Waals surface area contributed by atoms with Gasteiger partial charge in [0.05, 0.1) is 34.2 Å². The highest BCUT2D eigenvalue weighted by Crippen LogP contribution is 2.28. The third-order valence-corrected chi connectivity index (χ3v) is 4.74. The van der Waals surface area contributed by atoms with Gasteiger partial charge in [-0.1, -0.05) is 16.8 Å². The number of alkyl halides is 3. The van der Waals surface area contributed by atoms with Crippen LogP contribution in [0.2, 0.25) is 5.02 Å². The van der Waals surface area contributed by atoms with Gasteiger partial charge in [-0.2, -0.15) is 13.2 Å². The molecule has 0 aliphatic carbocycles. The van der Waals surface area contributed by atoms with Gasteiger partial charge in [-0.15, -0.1) is 5.10 Å². The van der Waals surface area contributed by atoms with Crippen LogP contribution in [-0.4, -0.2) is 36.8 Å². The minimum absolute atomic E-state index is 0.0478. The topological polar surface area (TPSA) is 115 Å². The molecular formula is C21H13ClF3N7O2. The van der Waals surface area contributed by atoms with Crippen LogP contribution in [0, 0.1) is 0 Å². The molecule has 0 unspecified atom stereocenters. The Hall–Kier alpha value is -4.32. The first kappa shape index (κ1) is 22.9. The maximum absolute atomic E-state index is 12.7. The first-order chi connectivity index (χ1) is 16.2. The number of rotatable bonds is 5. The highest BCUT2D eigenvalue weighted by molar-refractivity contribution is 6.34. The van der Waals surface area contributed by atoms with E-state index < -0.39 is 23.6 Å². The molecule has 4 rings (SSSR count). The van der Waals surface area contributed by atoms with E-state index in [1.165, 1.54) is 30.6 Å². The predicted molar refractivity (Wildman–Crippen MR) is 116 cm³/mol. The summed E-state index contributed by atoms with van der Waals surface area (Å²) in [7, 11) is 0. The van der Waals surface area contributed by atoms with Gasteiger partial charge >= 0.3 is 6.18 Å². The Morgan fingerprint density at radius 1 is 0.971 bits per heavy atom. The summed E-state index contributed by atoms with van der Waals surface area (Å²) in [5.41, 5.74) is -0.0652. The van der Waals surface area contributed by atoms with Gasteiger partial charge in [-0.25, -0.2) is 9.67 Å². The van der Waals surface area contributed by atoms with Gasteiger partial charge in [0.25, 0.3) is 11.8 Å². The lowest BCUT2D eigenvalue weighted by molar-refractivity contribution is -0.137. The molecule has 9 nitrogen and oxygen atoms in total. The molecule has 4 aromatic rings. The molecule has 34 heavy (non-hydrogen) atoms. The van der Waals surface area contributed by atoms with Gasteiger partial charge in [-0.3, -0.25) is 14.6 Å². The van der Waals surface area contributed by atoms with E-state index in [1.54, 1.807) is 18.3 Å². The van der Waals surface area contributed by atoms with Gasteiger partial charge < -0.3 is 10.6 Å². The molecule has 3 heterocycles. The van der Waals surface area contributed by atoms with Crippen molar-refractivity contribution in [1.29, 1.82) is 0 Å². The van der Waals surface area contributed by atoms with E-state index in [9.17, 15) is 22.8 Å². The van der Waals surface area contributed by atoms with Gasteiger partial charge in [0.2, 0.25) is 0 Å². The fraction of sp³-hybridized carbons (Fsp3) is 0.0476. The summed E-state index contributed by atoms with van der Waals surface area (Å²) in [5.74, 6) is -1.06. The zero-order valence-corrected chi connectivity index (χ0v) is 17.7. The Labute approximate surface area is 194 Å². The van der Waals surface area contributed by atoms with Crippen molar-refractivity contribution in [2.45, 2.75) is 6.18 Å². The summed E-state index contributed by atoms with van der Waals surface area (Å²) in [5, 5.41) is 12.7. The molecular weight excluding hydrogens is 475 g/mol. The molecule has 0 aliphatic heterocycles. The first-order valence-electron chi connectivity index (χ1n) is 9.49. The molecule has 172 valence electrons. The van der Waals surface area contributed by atoms with Crippen LogP contribution >= 0.6 is 11.6 Å². The lowest BCUT2D eigenvalue weighted by atomic mass is 10.2. The van der Waals surface area contributed by atoms with Crippen molar-refractivity contribution >= 4 is 34.8 Å². The van der Waals surface area contributed by atoms with Crippen LogP contribution in [-0.2, 0) is 6.18 Å². The van der Waals surface area contributed by atoms with Crippen LogP contribution in [0.25, 0.3) is 5.82 Å². The van der Waals surface area contributed by atoms with Gasteiger partial charge in [0, 0.05) is 18.1 Å². The van der Waals surface area contributed by atoms with Crippen molar-refractivity contribution < 1.29 is 22.8 Å². The van der Waals surface area contributed by atoms with E-state index in [0.717, 1.165) is 16.8 Å². The summed E-state index contributed by atoms with van der Waals surface area (Å²) in [6, 6.07) is 9.59. The third kappa shape index (κ3) is 5.18. The summed E-state index contributed by atoms with van der Waals surface area (Å²) in [6.07, 6.45) is 0.398. The molecule has 0 aliphatic rings. The Morgan fingerprint density at radius 3 is 2.41 bits per heavy atom. The van der Waals surface area contributed by atoms with Crippen molar-refractivity contribution in [3.8, 4) is 5.82 Å². The number of hydrogen-bond acceptors (Lipinski definition) is 6. The maximum atomic E-state index is 12.7. The number of halogens is 4. The van der Waals surface area contributed by atoms with Gasteiger partial charge in [0.1, 0.15) is 0 Å². The summed E-state index contributed by atoms with van der Waals surface area (Å²) >= 11 is 6.20. The van der Waals surface area contributed by atoms with Crippen LogP contribution in [0.4, 0.5) is 24.5 Å². The molecule has 0 spiro atoms. The SMILES string of the molecule is O=C(Nc1ccc(C(=O)Nc2cccnc2)c(Cl)c1)c1cn(-c2ccc(C(F)(F)F)cn2)nn1. The second-order valence-corrected chi connectivity index (χ2v) is 7.20. The number of nitrogens with one attached hydrogen (secondary N) is 2. The lowest BCUT2D eigenvalue weighted by Gasteiger charge is -2.09. The molecule has 3 aromatic heterocycles. The molecule has 0 radical (unpaired) electrons. The molecule has 0 atom stereocenters. The quantitative estimate of drug-likeness (QED) is 0.435. The highest BCUT2D eigenvalue weighted by atomic mass is 35.5. The van der Waals surface area contributed by atoms with Crippen molar-refractivity contribution in [2.24, 2.45) is 0 Å².